The summed E-state index contributed by atoms with van der Waals surface area (Å²) in [5.41, 5.74) is 2.67. The highest BCUT2D eigenvalue weighted by Gasteiger charge is 2.36. The number of imide groups is 1. The van der Waals surface area contributed by atoms with Gasteiger partial charge in [0.15, 0.2) is 11.5 Å². The summed E-state index contributed by atoms with van der Waals surface area (Å²) < 4.78 is 12.9. The molecule has 1 fully saturated rings. The third-order valence-electron chi connectivity index (χ3n) is 5.31. The van der Waals surface area contributed by atoms with Gasteiger partial charge < -0.3 is 14.0 Å². The summed E-state index contributed by atoms with van der Waals surface area (Å²) in [5, 5.41) is 1.17. The van der Waals surface area contributed by atoms with E-state index in [2.05, 4.69) is 17.6 Å². The zero-order valence-corrected chi connectivity index (χ0v) is 18.3. The zero-order valence-electron chi connectivity index (χ0n) is 16.8. The number of nitrogens with zero attached hydrogens (tertiary/aromatic N) is 2. The highest BCUT2D eigenvalue weighted by atomic mass is 35.5. The molecule has 1 aromatic heterocycles. The minimum atomic E-state index is -0.323. The van der Waals surface area contributed by atoms with E-state index in [1.807, 2.05) is 24.4 Å². The maximum absolute atomic E-state index is 13.0. The Balaban J connectivity index is 1.45. The second kappa shape index (κ2) is 7.98. The molecule has 0 radical (unpaired) electrons. The fraction of sp³-hybridized carbons (Fsp3) is 0.217. The Morgan fingerprint density at radius 2 is 1.94 bits per heavy atom. The maximum atomic E-state index is 13.0. The first-order chi connectivity index (χ1) is 15.0. The highest BCUT2D eigenvalue weighted by Crippen LogP contribution is 2.39. The molecule has 0 atom stereocenters. The summed E-state index contributed by atoms with van der Waals surface area (Å²) in [4.78, 5) is 27.3. The van der Waals surface area contributed by atoms with Gasteiger partial charge in [0.25, 0.3) is 11.1 Å². The van der Waals surface area contributed by atoms with Crippen molar-refractivity contribution in [2.24, 2.45) is 0 Å². The van der Waals surface area contributed by atoms with E-state index in [0.29, 0.717) is 27.0 Å². The quantitative estimate of drug-likeness (QED) is 0.465. The molecule has 158 valence electrons. The summed E-state index contributed by atoms with van der Waals surface area (Å²) in [6, 6.07) is 11.4. The van der Waals surface area contributed by atoms with E-state index < -0.39 is 0 Å². The summed E-state index contributed by atoms with van der Waals surface area (Å²) in [7, 11) is 0. The van der Waals surface area contributed by atoms with Crippen molar-refractivity contribution in [1.82, 2.24) is 9.47 Å². The van der Waals surface area contributed by atoms with Crippen molar-refractivity contribution in [3.05, 3.63) is 63.6 Å². The number of benzene rings is 2. The van der Waals surface area contributed by atoms with E-state index in [9.17, 15) is 9.59 Å². The van der Waals surface area contributed by atoms with Crippen LogP contribution in [0.3, 0.4) is 0 Å². The van der Waals surface area contributed by atoms with Crippen LogP contribution in [0.5, 0.6) is 11.5 Å². The van der Waals surface area contributed by atoms with Gasteiger partial charge in [0.05, 0.1) is 11.4 Å². The molecular formula is C23H19ClN2O4S. The molecule has 3 aromatic rings. The van der Waals surface area contributed by atoms with Crippen LogP contribution in [0.15, 0.2) is 47.5 Å². The zero-order chi connectivity index (χ0) is 21.5. The van der Waals surface area contributed by atoms with Crippen LogP contribution in [-0.2, 0) is 17.9 Å². The molecule has 2 aromatic carbocycles. The number of carbonyl (C=O) groups is 2. The van der Waals surface area contributed by atoms with Crippen molar-refractivity contribution in [1.29, 1.82) is 0 Å². The third kappa shape index (κ3) is 3.58. The fourth-order valence-corrected chi connectivity index (χ4v) is 4.89. The topological polar surface area (TPSA) is 60.8 Å². The number of rotatable bonds is 5. The van der Waals surface area contributed by atoms with Crippen LogP contribution in [-0.4, -0.2) is 27.4 Å². The number of carbonyl (C=O) groups excluding carboxylic acids is 2. The molecule has 31 heavy (non-hydrogen) atoms. The average molecular weight is 455 g/mol. The molecule has 2 amide bonds. The van der Waals surface area contributed by atoms with Gasteiger partial charge in [0, 0.05) is 40.3 Å². The molecule has 2 aliphatic heterocycles. The van der Waals surface area contributed by atoms with Crippen LogP contribution < -0.4 is 9.47 Å². The Kier molecular flexibility index (Phi) is 5.16. The number of fused-ring (bicyclic) bond motifs is 2. The number of amides is 2. The van der Waals surface area contributed by atoms with Gasteiger partial charge >= 0.3 is 0 Å². The lowest BCUT2D eigenvalue weighted by molar-refractivity contribution is -0.123. The van der Waals surface area contributed by atoms with E-state index in [0.717, 1.165) is 41.2 Å². The van der Waals surface area contributed by atoms with Gasteiger partial charge in [0.2, 0.25) is 6.79 Å². The maximum Gasteiger partial charge on any atom is 0.293 e. The molecule has 6 nitrogen and oxygen atoms in total. The predicted octanol–water partition coefficient (Wildman–Crippen LogP) is 5.67. The SMILES string of the molecule is CCCn1cc(/C=C2\SC(=O)N(Cc3cc4c(cc3Cl)OCO4)C2=O)c2ccccc21. The van der Waals surface area contributed by atoms with Crippen molar-refractivity contribution in [2.45, 2.75) is 26.4 Å². The Morgan fingerprint density at radius 3 is 2.74 bits per heavy atom. The van der Waals surface area contributed by atoms with Gasteiger partial charge in [-0.3, -0.25) is 14.5 Å². The van der Waals surface area contributed by atoms with Crippen molar-refractivity contribution >= 4 is 51.5 Å². The molecule has 0 unspecified atom stereocenters. The smallest absolute Gasteiger partial charge is 0.293 e. The second-order valence-electron chi connectivity index (χ2n) is 7.36. The number of aryl methyl sites for hydroxylation is 1. The van der Waals surface area contributed by atoms with Crippen LogP contribution >= 0.6 is 23.4 Å². The molecule has 0 bridgehead atoms. The van der Waals surface area contributed by atoms with Crippen molar-refractivity contribution in [3.63, 3.8) is 0 Å². The highest BCUT2D eigenvalue weighted by molar-refractivity contribution is 8.18. The molecule has 3 heterocycles. The first kappa shape index (κ1) is 20.0. The Morgan fingerprint density at radius 1 is 1.16 bits per heavy atom. The second-order valence-corrected chi connectivity index (χ2v) is 8.76. The number of thioether (sulfide) groups is 1. The molecule has 5 rings (SSSR count). The molecule has 0 aliphatic carbocycles. The monoisotopic (exact) mass is 454 g/mol. The summed E-state index contributed by atoms with van der Waals surface area (Å²) in [6.45, 7) is 3.22. The normalized spacial score (nSPS) is 16.8. The van der Waals surface area contributed by atoms with Gasteiger partial charge in [-0.2, -0.15) is 0 Å². The largest absolute Gasteiger partial charge is 0.454 e. The van der Waals surface area contributed by atoms with Gasteiger partial charge in [-0.15, -0.1) is 0 Å². The average Bonchev–Trinajstić information content (AvgIpc) is 3.42. The number of ether oxygens (including phenoxy) is 2. The number of halogens is 1. The van der Waals surface area contributed by atoms with Crippen LogP contribution in [0.4, 0.5) is 4.79 Å². The Bertz CT molecular complexity index is 1250. The molecular weight excluding hydrogens is 436 g/mol. The first-order valence-corrected chi connectivity index (χ1v) is 11.2. The van der Waals surface area contributed by atoms with Crippen LogP contribution in [0.2, 0.25) is 5.02 Å². The fourth-order valence-electron chi connectivity index (χ4n) is 3.84. The van der Waals surface area contributed by atoms with Gasteiger partial charge in [-0.25, -0.2) is 0 Å². The van der Waals surface area contributed by atoms with Crippen LogP contribution in [0.1, 0.15) is 24.5 Å². The van der Waals surface area contributed by atoms with E-state index in [1.54, 1.807) is 18.2 Å². The molecule has 0 spiro atoms. The molecule has 1 saturated heterocycles. The standard InChI is InChI=1S/C23H19ClN2O4S/c1-2-7-25-11-14(16-5-3-4-6-18(16)25)9-21-22(27)26(23(28)31-21)12-15-8-19-20(10-17(15)24)30-13-29-19/h3-6,8-11H,2,7,12-13H2,1H3/b21-9-. The van der Waals surface area contributed by atoms with E-state index in [1.165, 1.54) is 4.90 Å². The Hall–Kier alpha value is -2.90. The van der Waals surface area contributed by atoms with Crippen molar-refractivity contribution in [3.8, 4) is 11.5 Å². The number of para-hydroxylation sites is 1. The Labute approximate surface area is 188 Å². The van der Waals surface area contributed by atoms with E-state index >= 15 is 0 Å². The lowest BCUT2D eigenvalue weighted by Crippen LogP contribution is -2.27. The first-order valence-electron chi connectivity index (χ1n) is 9.96. The summed E-state index contributed by atoms with van der Waals surface area (Å²) in [6.07, 6.45) is 4.85. The van der Waals surface area contributed by atoms with Crippen molar-refractivity contribution < 1.29 is 19.1 Å². The van der Waals surface area contributed by atoms with Crippen molar-refractivity contribution in [2.75, 3.05) is 6.79 Å². The predicted molar refractivity (Wildman–Crippen MR) is 121 cm³/mol. The van der Waals surface area contributed by atoms with Gasteiger partial charge in [-0.1, -0.05) is 36.7 Å². The minimum absolute atomic E-state index is 0.0784. The summed E-state index contributed by atoms with van der Waals surface area (Å²) >= 11 is 7.29. The molecule has 0 saturated carbocycles. The minimum Gasteiger partial charge on any atom is -0.454 e. The number of aromatic nitrogens is 1. The van der Waals surface area contributed by atoms with Crippen LogP contribution in [0, 0.1) is 0 Å². The van der Waals surface area contributed by atoms with Crippen LogP contribution in [0.25, 0.3) is 17.0 Å². The lowest BCUT2D eigenvalue weighted by Gasteiger charge is -2.14. The third-order valence-corrected chi connectivity index (χ3v) is 6.57. The van der Waals surface area contributed by atoms with E-state index in [-0.39, 0.29) is 24.5 Å². The molecule has 2 aliphatic rings. The van der Waals surface area contributed by atoms with E-state index in [4.69, 9.17) is 21.1 Å². The van der Waals surface area contributed by atoms with Gasteiger partial charge in [0.1, 0.15) is 0 Å². The van der Waals surface area contributed by atoms with Gasteiger partial charge in [-0.05, 0) is 42.0 Å². The number of hydrogen-bond acceptors (Lipinski definition) is 5. The molecule has 0 N–H and O–H groups in total. The summed E-state index contributed by atoms with van der Waals surface area (Å²) in [5.74, 6) is 0.799. The number of hydrogen-bond donors (Lipinski definition) is 0. The molecule has 8 heteroatoms. The lowest BCUT2D eigenvalue weighted by atomic mass is 10.1.